The van der Waals surface area contributed by atoms with Crippen molar-refractivity contribution in [2.24, 2.45) is 0 Å². The van der Waals surface area contributed by atoms with Gasteiger partial charge in [-0.1, -0.05) is 0 Å². The largest absolute Gasteiger partial charge is 0.381 e. The van der Waals surface area contributed by atoms with E-state index in [0.29, 0.717) is 23.7 Å². The number of ether oxygens (including phenoxy) is 1. The molecular weight excluding hydrogens is 340 g/mol. The summed E-state index contributed by atoms with van der Waals surface area (Å²) in [6.07, 6.45) is 8.31. The third-order valence-electron chi connectivity index (χ3n) is 5.45. The van der Waals surface area contributed by atoms with Crippen molar-refractivity contribution < 1.29 is 4.74 Å². The molecule has 2 aliphatic rings. The average Bonchev–Trinajstić information content (AvgIpc) is 2.68. The Hall–Kier alpha value is -2.12. The van der Waals surface area contributed by atoms with Crippen LogP contribution in [0, 0.1) is 13.8 Å². The molecule has 2 aromatic heterocycles. The van der Waals surface area contributed by atoms with Crippen LogP contribution in [0.25, 0.3) is 0 Å². The molecule has 0 spiro atoms. The number of likely N-dealkylation sites (tertiary alicyclic amines) is 1. The summed E-state index contributed by atoms with van der Waals surface area (Å²) in [5.41, 5.74) is 2.93. The molecule has 1 N–H and O–H groups in total. The molecule has 0 bridgehead atoms. The van der Waals surface area contributed by atoms with Crippen LogP contribution in [0.3, 0.4) is 0 Å². The smallest absolute Gasteiger partial charge is 0.228 e. The van der Waals surface area contributed by atoms with Gasteiger partial charge < -0.3 is 10.1 Å². The van der Waals surface area contributed by atoms with Crippen LogP contribution < -0.4 is 5.32 Å². The molecule has 0 radical (unpaired) electrons. The predicted octanol–water partition coefficient (Wildman–Crippen LogP) is 2.99. The van der Waals surface area contributed by atoms with Gasteiger partial charge in [0.25, 0.3) is 0 Å². The van der Waals surface area contributed by atoms with Gasteiger partial charge in [0.15, 0.2) is 5.82 Å². The van der Waals surface area contributed by atoms with Crippen LogP contribution in [0.1, 0.15) is 48.7 Å². The van der Waals surface area contributed by atoms with Crippen molar-refractivity contribution in [3.05, 3.63) is 35.5 Å². The van der Waals surface area contributed by atoms with Crippen LogP contribution in [-0.4, -0.2) is 57.2 Å². The lowest BCUT2D eigenvalue weighted by Crippen LogP contribution is -2.44. The highest BCUT2D eigenvalue weighted by Gasteiger charge is 2.28. The summed E-state index contributed by atoms with van der Waals surface area (Å²) in [6, 6.07) is 2.61. The molecule has 144 valence electrons. The first-order chi connectivity index (χ1) is 13.2. The quantitative estimate of drug-likeness (QED) is 0.889. The number of hydrogen-bond donors (Lipinski definition) is 1. The van der Waals surface area contributed by atoms with E-state index < -0.39 is 0 Å². The molecule has 0 amide bonds. The minimum absolute atomic E-state index is 0.427. The van der Waals surface area contributed by atoms with Gasteiger partial charge in [0.2, 0.25) is 5.95 Å². The van der Waals surface area contributed by atoms with E-state index >= 15 is 0 Å². The second-order valence-corrected chi connectivity index (χ2v) is 7.61. The van der Waals surface area contributed by atoms with Gasteiger partial charge >= 0.3 is 0 Å². The van der Waals surface area contributed by atoms with Gasteiger partial charge in [-0.25, -0.2) is 15.0 Å². The van der Waals surface area contributed by atoms with E-state index in [1.54, 1.807) is 6.20 Å². The Morgan fingerprint density at radius 3 is 2.59 bits per heavy atom. The van der Waals surface area contributed by atoms with Crippen molar-refractivity contribution >= 4 is 11.8 Å². The molecular formula is C20H28N6O. The summed E-state index contributed by atoms with van der Waals surface area (Å²) in [4.78, 5) is 20.7. The number of nitrogens with zero attached hydrogens (tertiary/aromatic N) is 5. The minimum atomic E-state index is 0.427. The maximum absolute atomic E-state index is 5.52. The zero-order chi connectivity index (χ0) is 18.6. The van der Waals surface area contributed by atoms with Gasteiger partial charge in [0.1, 0.15) is 0 Å². The van der Waals surface area contributed by atoms with Crippen LogP contribution in [-0.2, 0) is 4.74 Å². The monoisotopic (exact) mass is 368 g/mol. The normalized spacial score (nSPS) is 21.9. The lowest BCUT2D eigenvalue weighted by Gasteiger charge is -2.39. The number of piperidine rings is 1. The summed E-state index contributed by atoms with van der Waals surface area (Å²) in [5, 5.41) is 3.21. The third-order valence-corrected chi connectivity index (χ3v) is 5.45. The molecule has 4 rings (SSSR count). The molecule has 2 saturated heterocycles. The Labute approximate surface area is 160 Å². The number of rotatable bonds is 4. The molecule has 0 saturated carbocycles. The molecule has 2 fully saturated rings. The first-order valence-electron chi connectivity index (χ1n) is 9.90. The number of nitrogens with one attached hydrogen (secondary N) is 1. The van der Waals surface area contributed by atoms with Crippen molar-refractivity contribution in [1.29, 1.82) is 0 Å². The maximum atomic E-state index is 5.52. The van der Waals surface area contributed by atoms with Crippen LogP contribution in [0.5, 0.6) is 0 Å². The molecule has 0 aliphatic carbocycles. The highest BCUT2D eigenvalue weighted by atomic mass is 16.5. The van der Waals surface area contributed by atoms with Gasteiger partial charge in [-0.15, -0.1) is 0 Å². The van der Waals surface area contributed by atoms with Gasteiger partial charge in [0.05, 0.1) is 11.9 Å². The standard InChI is InChI=1S/C20H28N6O/c1-14-10-15(2)23-20(22-14)25-19-12-21-11-18(24-19)16-4-3-7-26(13-16)17-5-8-27-9-6-17/h10-12,16-17H,3-9,13H2,1-2H3,(H,22,23,24,25)/t16-/m0/s1. The molecule has 2 aromatic rings. The molecule has 0 aromatic carbocycles. The van der Waals surface area contributed by atoms with Crippen molar-refractivity contribution in [2.75, 3.05) is 31.6 Å². The molecule has 2 aliphatic heterocycles. The van der Waals surface area contributed by atoms with Crippen molar-refractivity contribution in [3.8, 4) is 0 Å². The Kier molecular flexibility index (Phi) is 5.59. The maximum Gasteiger partial charge on any atom is 0.228 e. The van der Waals surface area contributed by atoms with Crippen LogP contribution in [0.2, 0.25) is 0 Å². The number of anilines is 2. The van der Waals surface area contributed by atoms with Gasteiger partial charge in [-0.05, 0) is 52.1 Å². The van der Waals surface area contributed by atoms with Crippen molar-refractivity contribution in [1.82, 2.24) is 24.8 Å². The summed E-state index contributed by atoms with van der Waals surface area (Å²) in [5.74, 6) is 1.71. The molecule has 7 nitrogen and oxygen atoms in total. The minimum Gasteiger partial charge on any atom is -0.381 e. The summed E-state index contributed by atoms with van der Waals surface area (Å²) in [6.45, 7) is 7.96. The van der Waals surface area contributed by atoms with Gasteiger partial charge in [0, 0.05) is 49.3 Å². The van der Waals surface area contributed by atoms with Crippen molar-refractivity contribution in [2.45, 2.75) is 51.5 Å². The van der Waals surface area contributed by atoms with Gasteiger partial charge in [-0.3, -0.25) is 9.88 Å². The highest BCUT2D eigenvalue weighted by Crippen LogP contribution is 2.29. The number of aryl methyl sites for hydroxylation is 2. The Bertz CT molecular complexity index is 757. The predicted molar refractivity (Wildman–Crippen MR) is 104 cm³/mol. The fourth-order valence-electron chi connectivity index (χ4n) is 4.16. The van der Waals surface area contributed by atoms with E-state index in [-0.39, 0.29) is 0 Å². The van der Waals surface area contributed by atoms with E-state index in [4.69, 9.17) is 9.72 Å². The van der Waals surface area contributed by atoms with Crippen LogP contribution in [0.15, 0.2) is 18.5 Å². The number of aromatic nitrogens is 4. The summed E-state index contributed by atoms with van der Waals surface area (Å²) in [7, 11) is 0. The first-order valence-corrected chi connectivity index (χ1v) is 9.90. The fraction of sp³-hybridized carbons (Fsp3) is 0.600. The SMILES string of the molecule is Cc1cc(C)nc(Nc2cncc([C@H]3CCCN(C4CCOCC4)C3)n2)n1. The summed E-state index contributed by atoms with van der Waals surface area (Å²) >= 11 is 0. The third kappa shape index (κ3) is 4.59. The lowest BCUT2D eigenvalue weighted by molar-refractivity contribution is 0.0237. The van der Waals surface area contributed by atoms with E-state index in [1.807, 2.05) is 26.1 Å². The first kappa shape index (κ1) is 18.3. The lowest BCUT2D eigenvalue weighted by atomic mass is 9.92. The molecule has 27 heavy (non-hydrogen) atoms. The zero-order valence-corrected chi connectivity index (χ0v) is 16.2. The summed E-state index contributed by atoms with van der Waals surface area (Å²) < 4.78 is 5.52. The Morgan fingerprint density at radius 1 is 1.04 bits per heavy atom. The van der Waals surface area contributed by atoms with E-state index in [1.165, 1.54) is 13.0 Å². The van der Waals surface area contributed by atoms with E-state index in [2.05, 4.69) is 25.2 Å². The van der Waals surface area contributed by atoms with E-state index in [9.17, 15) is 0 Å². The second-order valence-electron chi connectivity index (χ2n) is 7.61. The Morgan fingerprint density at radius 2 is 1.81 bits per heavy atom. The van der Waals surface area contributed by atoms with Gasteiger partial charge in [-0.2, -0.15) is 0 Å². The molecule has 4 heterocycles. The van der Waals surface area contributed by atoms with Crippen molar-refractivity contribution in [3.63, 3.8) is 0 Å². The zero-order valence-electron chi connectivity index (χ0n) is 16.2. The molecule has 7 heteroatoms. The fourth-order valence-corrected chi connectivity index (χ4v) is 4.16. The van der Waals surface area contributed by atoms with E-state index in [0.717, 1.165) is 56.1 Å². The molecule has 0 unspecified atom stereocenters. The molecule has 1 atom stereocenters. The highest BCUT2D eigenvalue weighted by molar-refractivity contribution is 5.46. The number of hydrogen-bond acceptors (Lipinski definition) is 7. The average molecular weight is 368 g/mol. The van der Waals surface area contributed by atoms with Crippen LogP contribution in [0.4, 0.5) is 11.8 Å². The van der Waals surface area contributed by atoms with Crippen LogP contribution >= 0.6 is 0 Å². The Balaban J connectivity index is 1.46. The topological polar surface area (TPSA) is 76.1 Å². The second kappa shape index (κ2) is 8.27.